The van der Waals surface area contributed by atoms with Crippen LogP contribution < -0.4 is 15.8 Å². The lowest BCUT2D eigenvalue weighted by Gasteiger charge is -2.13. The minimum Gasteiger partial charge on any atom is -0.492 e. The summed E-state index contributed by atoms with van der Waals surface area (Å²) >= 11 is 0. The minimum absolute atomic E-state index is 0.325. The molecule has 2 aromatic carbocycles. The summed E-state index contributed by atoms with van der Waals surface area (Å²) in [6, 6.07) is 12.4. The first kappa shape index (κ1) is 13.4. The van der Waals surface area contributed by atoms with Gasteiger partial charge in [0.2, 0.25) is 0 Å². The average molecular weight is 260 g/mol. The van der Waals surface area contributed by atoms with Crippen LogP contribution in [0.1, 0.15) is 12.5 Å². The van der Waals surface area contributed by atoms with Crippen molar-refractivity contribution in [3.05, 3.63) is 53.8 Å². The number of rotatable bonds is 5. The van der Waals surface area contributed by atoms with E-state index in [0.29, 0.717) is 24.6 Å². The van der Waals surface area contributed by atoms with Crippen molar-refractivity contribution in [1.29, 1.82) is 0 Å². The van der Waals surface area contributed by atoms with Gasteiger partial charge in [-0.05, 0) is 36.8 Å². The van der Waals surface area contributed by atoms with Crippen molar-refractivity contribution in [3.63, 3.8) is 0 Å². The monoisotopic (exact) mass is 260 g/mol. The number of ether oxygens (including phenoxy) is 1. The molecule has 0 aliphatic carbocycles. The number of benzene rings is 2. The maximum Gasteiger partial charge on any atom is 0.146 e. The van der Waals surface area contributed by atoms with Crippen molar-refractivity contribution in [1.82, 2.24) is 0 Å². The van der Waals surface area contributed by atoms with Gasteiger partial charge in [-0.1, -0.05) is 18.2 Å². The second kappa shape index (κ2) is 6.20. The zero-order valence-electron chi connectivity index (χ0n) is 10.8. The highest BCUT2D eigenvalue weighted by Crippen LogP contribution is 2.28. The minimum atomic E-state index is -0.325. The van der Waals surface area contributed by atoms with Crippen molar-refractivity contribution in [2.75, 3.05) is 11.9 Å². The molecule has 0 radical (unpaired) electrons. The number of nitrogens with two attached hydrogens (primary N) is 1. The predicted molar refractivity (Wildman–Crippen MR) is 75.2 cm³/mol. The molecule has 0 amide bonds. The summed E-state index contributed by atoms with van der Waals surface area (Å²) in [6.07, 6.45) is 0. The summed E-state index contributed by atoms with van der Waals surface area (Å²) in [4.78, 5) is 0. The lowest BCUT2D eigenvalue weighted by atomic mass is 10.2. The Kier molecular flexibility index (Phi) is 4.36. The van der Waals surface area contributed by atoms with Gasteiger partial charge in [0.05, 0.1) is 18.0 Å². The van der Waals surface area contributed by atoms with Gasteiger partial charge in [-0.25, -0.2) is 4.39 Å². The van der Waals surface area contributed by atoms with Crippen LogP contribution in [0.2, 0.25) is 0 Å². The van der Waals surface area contributed by atoms with Gasteiger partial charge < -0.3 is 15.8 Å². The fraction of sp³-hybridized carbons (Fsp3) is 0.200. The maximum absolute atomic E-state index is 13.9. The van der Waals surface area contributed by atoms with Gasteiger partial charge in [0.1, 0.15) is 11.6 Å². The number of anilines is 2. The molecular formula is C15H17FN2O. The van der Waals surface area contributed by atoms with Gasteiger partial charge in [-0.2, -0.15) is 0 Å². The second-order valence-corrected chi connectivity index (χ2v) is 4.07. The molecule has 0 saturated heterocycles. The molecule has 100 valence electrons. The molecule has 0 fully saturated rings. The van der Waals surface area contributed by atoms with Crippen LogP contribution in [-0.2, 0) is 6.54 Å². The summed E-state index contributed by atoms with van der Waals surface area (Å²) < 4.78 is 19.4. The lowest BCUT2D eigenvalue weighted by molar-refractivity contribution is 0.342. The molecule has 19 heavy (non-hydrogen) atoms. The maximum atomic E-state index is 13.9. The highest BCUT2D eigenvalue weighted by Gasteiger charge is 2.07. The van der Waals surface area contributed by atoms with Crippen LogP contribution in [0.4, 0.5) is 15.8 Å². The first-order valence-corrected chi connectivity index (χ1v) is 6.22. The Morgan fingerprint density at radius 1 is 1.16 bits per heavy atom. The zero-order chi connectivity index (χ0) is 13.7. The summed E-state index contributed by atoms with van der Waals surface area (Å²) in [5.74, 6) is 0.376. The predicted octanol–water partition coefficient (Wildman–Crippen LogP) is 3.43. The number of nitrogens with one attached hydrogen (secondary N) is 1. The molecule has 0 aliphatic heterocycles. The van der Waals surface area contributed by atoms with E-state index in [1.54, 1.807) is 12.1 Å². The van der Waals surface area contributed by atoms with E-state index in [1.807, 2.05) is 31.2 Å². The molecule has 0 heterocycles. The van der Waals surface area contributed by atoms with Crippen molar-refractivity contribution >= 4 is 11.4 Å². The third-order valence-electron chi connectivity index (χ3n) is 2.73. The van der Waals surface area contributed by atoms with E-state index in [9.17, 15) is 4.39 Å². The third-order valence-corrected chi connectivity index (χ3v) is 2.73. The van der Waals surface area contributed by atoms with Crippen LogP contribution in [0, 0.1) is 5.82 Å². The summed E-state index contributed by atoms with van der Waals surface area (Å²) in [5.41, 5.74) is 7.39. The van der Waals surface area contributed by atoms with E-state index in [-0.39, 0.29) is 5.82 Å². The topological polar surface area (TPSA) is 47.3 Å². The Bertz CT molecular complexity index is 558. The summed E-state index contributed by atoms with van der Waals surface area (Å²) in [6.45, 7) is 2.80. The molecule has 2 rings (SSSR count). The molecule has 0 spiro atoms. The Morgan fingerprint density at radius 2 is 1.95 bits per heavy atom. The van der Waals surface area contributed by atoms with Crippen LogP contribution in [0.3, 0.4) is 0 Å². The molecule has 0 atom stereocenters. The molecule has 0 aliphatic rings. The van der Waals surface area contributed by atoms with Gasteiger partial charge >= 0.3 is 0 Å². The molecule has 0 unspecified atom stereocenters. The van der Waals surface area contributed by atoms with Gasteiger partial charge in [-0.3, -0.25) is 0 Å². The van der Waals surface area contributed by atoms with Crippen molar-refractivity contribution < 1.29 is 9.13 Å². The Hall–Kier alpha value is -2.07. The van der Waals surface area contributed by atoms with Crippen molar-refractivity contribution in [2.45, 2.75) is 13.5 Å². The third kappa shape index (κ3) is 3.23. The Balaban J connectivity index is 2.26. The largest absolute Gasteiger partial charge is 0.492 e. The van der Waals surface area contributed by atoms with Crippen LogP contribution >= 0.6 is 0 Å². The molecule has 2 aromatic rings. The van der Waals surface area contributed by atoms with Gasteiger partial charge in [0.25, 0.3) is 0 Å². The zero-order valence-corrected chi connectivity index (χ0v) is 10.8. The molecule has 3 nitrogen and oxygen atoms in total. The first-order valence-electron chi connectivity index (χ1n) is 6.22. The smallest absolute Gasteiger partial charge is 0.146 e. The van der Waals surface area contributed by atoms with E-state index in [1.165, 1.54) is 6.07 Å². The number of hydrogen-bond acceptors (Lipinski definition) is 3. The van der Waals surface area contributed by atoms with E-state index < -0.39 is 0 Å². The van der Waals surface area contributed by atoms with Crippen LogP contribution in [0.5, 0.6) is 5.75 Å². The van der Waals surface area contributed by atoms with Crippen LogP contribution in [0.15, 0.2) is 42.5 Å². The molecule has 0 bridgehead atoms. The van der Waals surface area contributed by atoms with Crippen LogP contribution in [-0.4, -0.2) is 6.61 Å². The number of halogens is 1. The van der Waals surface area contributed by atoms with Gasteiger partial charge in [-0.15, -0.1) is 0 Å². The fourth-order valence-electron chi connectivity index (χ4n) is 1.78. The first-order chi connectivity index (χ1) is 9.24. The van der Waals surface area contributed by atoms with Crippen LogP contribution in [0.25, 0.3) is 0 Å². The van der Waals surface area contributed by atoms with Gasteiger partial charge in [0, 0.05) is 6.54 Å². The molecule has 3 N–H and O–H groups in total. The van der Waals surface area contributed by atoms with E-state index in [4.69, 9.17) is 10.5 Å². The molecular weight excluding hydrogens is 243 g/mol. The normalized spacial score (nSPS) is 10.3. The SMILES string of the molecule is CCOc1ccccc1Nc1ccc(CN)cc1F. The highest BCUT2D eigenvalue weighted by molar-refractivity contribution is 5.66. The fourth-order valence-corrected chi connectivity index (χ4v) is 1.78. The summed E-state index contributed by atoms with van der Waals surface area (Å²) in [5, 5.41) is 3.04. The van der Waals surface area contributed by atoms with Crippen molar-refractivity contribution in [3.8, 4) is 5.75 Å². The van der Waals surface area contributed by atoms with E-state index >= 15 is 0 Å². The second-order valence-electron chi connectivity index (χ2n) is 4.07. The standard InChI is InChI=1S/C15H17FN2O/c1-2-19-15-6-4-3-5-14(15)18-13-8-7-11(10-17)9-12(13)16/h3-9,18H,2,10,17H2,1H3. The van der Waals surface area contributed by atoms with E-state index in [2.05, 4.69) is 5.32 Å². The summed E-state index contributed by atoms with van der Waals surface area (Å²) in [7, 11) is 0. The molecule has 0 aromatic heterocycles. The lowest BCUT2D eigenvalue weighted by Crippen LogP contribution is -2.01. The van der Waals surface area contributed by atoms with E-state index in [0.717, 1.165) is 11.3 Å². The number of para-hydroxylation sites is 2. The quantitative estimate of drug-likeness (QED) is 0.865. The number of hydrogen-bond donors (Lipinski definition) is 2. The van der Waals surface area contributed by atoms with Crippen molar-refractivity contribution in [2.24, 2.45) is 5.73 Å². The highest BCUT2D eigenvalue weighted by atomic mass is 19.1. The Labute approximate surface area is 112 Å². The Morgan fingerprint density at radius 3 is 2.63 bits per heavy atom. The average Bonchev–Trinajstić information content (AvgIpc) is 2.43. The molecule has 4 heteroatoms. The molecule has 0 saturated carbocycles. The van der Waals surface area contributed by atoms with Gasteiger partial charge in [0.15, 0.2) is 0 Å².